The normalized spacial score (nSPS) is 13.6. The number of carbonyl (C=O) groups excluding carboxylic acids is 4. The number of benzene rings is 3. The van der Waals surface area contributed by atoms with Crippen molar-refractivity contribution >= 4 is 41.7 Å². The Kier molecular flexibility index (Phi) is 15.1. The molecule has 3 aromatic carbocycles. The number of alkyl carbamates (subject to hydrolysis) is 1. The Hall–Kier alpha value is -6.25. The summed E-state index contributed by atoms with van der Waals surface area (Å²) in [5.41, 5.74) is 1.80. The predicted molar refractivity (Wildman–Crippen MR) is 181 cm³/mol. The third-order valence-electron chi connectivity index (χ3n) is 7.78. The summed E-state index contributed by atoms with van der Waals surface area (Å²) in [6.45, 7) is 0.324. The summed E-state index contributed by atoms with van der Waals surface area (Å²) in [5.74, 6) is -10.2. The molecule has 7 N–H and O–H groups in total. The van der Waals surface area contributed by atoms with E-state index < -0.39 is 84.6 Å². The van der Waals surface area contributed by atoms with Gasteiger partial charge in [0.05, 0.1) is 11.8 Å². The maximum Gasteiger partial charge on any atom is 0.408 e. The maximum absolute atomic E-state index is 13.9. The van der Waals surface area contributed by atoms with Crippen molar-refractivity contribution in [2.45, 2.75) is 50.9 Å². The Balaban J connectivity index is 1.88. The number of nitrogens with one attached hydrogen (secondary N) is 4. The molecule has 3 rings (SSSR count). The fourth-order valence-electron chi connectivity index (χ4n) is 5.08. The highest BCUT2D eigenvalue weighted by Crippen LogP contribution is 2.18. The minimum Gasteiger partial charge on any atom is -0.481 e. The van der Waals surface area contributed by atoms with Gasteiger partial charge in [0.15, 0.2) is 0 Å². The smallest absolute Gasteiger partial charge is 0.408 e. The molecule has 4 amide bonds. The van der Waals surface area contributed by atoms with Crippen LogP contribution >= 0.6 is 0 Å². The molecule has 0 bridgehead atoms. The third kappa shape index (κ3) is 13.3. The van der Waals surface area contributed by atoms with Crippen LogP contribution in [0.1, 0.15) is 30.0 Å². The number of hydrogen-bond donors (Lipinski definition) is 7. The van der Waals surface area contributed by atoms with Crippen molar-refractivity contribution in [1.29, 1.82) is 0 Å². The second-order valence-electron chi connectivity index (χ2n) is 11.7. The van der Waals surface area contributed by atoms with Gasteiger partial charge >= 0.3 is 24.0 Å². The number of hydrogen-bond acceptors (Lipinski definition) is 8. The van der Waals surface area contributed by atoms with E-state index in [1.807, 2.05) is 0 Å². The van der Waals surface area contributed by atoms with Crippen molar-refractivity contribution in [2.24, 2.45) is 11.8 Å². The van der Waals surface area contributed by atoms with Crippen LogP contribution in [0, 0.1) is 11.8 Å². The SMILES string of the molecule is C[C@H](NC(=O)OCc1ccccc1)C(=O)N[C@@H](CC(Cc1ccccc1)C(=O)O)C(=O)N[C@H](C(=O)NCC(=O)O)C(Cc1ccccc1)C(=O)O. The molecular formula is C36H40N4O11. The Morgan fingerprint density at radius 3 is 1.67 bits per heavy atom. The summed E-state index contributed by atoms with van der Waals surface area (Å²) in [5, 5.41) is 38.5. The topological polar surface area (TPSA) is 238 Å². The van der Waals surface area contributed by atoms with Crippen LogP contribution < -0.4 is 21.3 Å². The van der Waals surface area contributed by atoms with Gasteiger partial charge in [-0.05, 0) is 42.9 Å². The maximum atomic E-state index is 13.9. The zero-order valence-corrected chi connectivity index (χ0v) is 27.7. The molecule has 0 spiro atoms. The average Bonchev–Trinajstić information content (AvgIpc) is 3.11. The van der Waals surface area contributed by atoms with Gasteiger partial charge in [0.25, 0.3) is 0 Å². The molecule has 0 aromatic heterocycles. The van der Waals surface area contributed by atoms with Crippen LogP contribution in [-0.2, 0) is 53.0 Å². The predicted octanol–water partition coefficient (Wildman–Crippen LogP) is 1.75. The van der Waals surface area contributed by atoms with Crippen molar-refractivity contribution < 1.29 is 53.6 Å². The second kappa shape index (κ2) is 19.7. The van der Waals surface area contributed by atoms with E-state index >= 15 is 0 Å². The monoisotopic (exact) mass is 704 g/mol. The van der Waals surface area contributed by atoms with Crippen LogP contribution in [0.3, 0.4) is 0 Å². The van der Waals surface area contributed by atoms with E-state index in [1.165, 1.54) is 6.92 Å². The number of ether oxygens (including phenoxy) is 1. The van der Waals surface area contributed by atoms with E-state index in [4.69, 9.17) is 9.84 Å². The van der Waals surface area contributed by atoms with Crippen LogP contribution in [0.25, 0.3) is 0 Å². The van der Waals surface area contributed by atoms with Gasteiger partial charge in [-0.3, -0.25) is 28.8 Å². The van der Waals surface area contributed by atoms with Crippen LogP contribution in [0.2, 0.25) is 0 Å². The molecule has 0 aliphatic carbocycles. The lowest BCUT2D eigenvalue weighted by molar-refractivity contribution is -0.147. The summed E-state index contributed by atoms with van der Waals surface area (Å²) in [6, 6.07) is 20.6. The number of rotatable bonds is 19. The van der Waals surface area contributed by atoms with Crippen molar-refractivity contribution in [3.05, 3.63) is 108 Å². The molecule has 3 aromatic rings. The molecule has 15 nitrogen and oxygen atoms in total. The lowest BCUT2D eigenvalue weighted by Crippen LogP contribution is -2.59. The molecule has 15 heteroatoms. The van der Waals surface area contributed by atoms with Gasteiger partial charge in [-0.15, -0.1) is 0 Å². The first-order valence-corrected chi connectivity index (χ1v) is 15.9. The Labute approximate surface area is 293 Å². The van der Waals surface area contributed by atoms with Gasteiger partial charge in [-0.1, -0.05) is 91.0 Å². The molecule has 0 saturated heterocycles. The zero-order valence-electron chi connectivity index (χ0n) is 27.7. The summed E-state index contributed by atoms with van der Waals surface area (Å²) >= 11 is 0. The first-order valence-electron chi connectivity index (χ1n) is 15.9. The highest BCUT2D eigenvalue weighted by molar-refractivity contribution is 5.96. The van der Waals surface area contributed by atoms with Crippen molar-refractivity contribution in [3.63, 3.8) is 0 Å². The van der Waals surface area contributed by atoms with E-state index in [0.717, 1.165) is 0 Å². The molecular weight excluding hydrogens is 664 g/mol. The van der Waals surface area contributed by atoms with Crippen LogP contribution in [0.15, 0.2) is 91.0 Å². The highest BCUT2D eigenvalue weighted by atomic mass is 16.5. The lowest BCUT2D eigenvalue weighted by Gasteiger charge is -2.28. The summed E-state index contributed by atoms with van der Waals surface area (Å²) < 4.78 is 5.15. The molecule has 0 aliphatic heterocycles. The van der Waals surface area contributed by atoms with Gasteiger partial charge in [0.1, 0.15) is 31.3 Å². The fourth-order valence-corrected chi connectivity index (χ4v) is 5.08. The van der Waals surface area contributed by atoms with Crippen LogP contribution in [0.5, 0.6) is 0 Å². The van der Waals surface area contributed by atoms with Gasteiger partial charge in [-0.25, -0.2) is 4.79 Å². The second-order valence-corrected chi connectivity index (χ2v) is 11.7. The minimum atomic E-state index is -1.85. The first kappa shape index (κ1) is 39.2. The molecule has 270 valence electrons. The Morgan fingerprint density at radius 1 is 0.627 bits per heavy atom. The van der Waals surface area contributed by atoms with Crippen molar-refractivity contribution in [2.75, 3.05) is 6.54 Å². The van der Waals surface area contributed by atoms with Crippen LogP contribution in [-0.4, -0.2) is 81.7 Å². The number of carbonyl (C=O) groups is 7. The van der Waals surface area contributed by atoms with Crippen molar-refractivity contribution in [1.82, 2.24) is 21.3 Å². The summed E-state index contributed by atoms with van der Waals surface area (Å²) in [6.07, 6.45) is -1.76. The third-order valence-corrected chi connectivity index (χ3v) is 7.78. The van der Waals surface area contributed by atoms with E-state index in [1.54, 1.807) is 91.0 Å². The van der Waals surface area contributed by atoms with E-state index in [-0.39, 0.29) is 19.4 Å². The van der Waals surface area contributed by atoms with Gasteiger partial charge < -0.3 is 41.3 Å². The standard InChI is InChI=1S/C36H40N4O11/c1-22(38-36(50)51-21-25-15-9-4-10-16-25)31(43)39-28(19-26(34(46)47)17-23-11-5-2-6-12-23)32(44)40-30(33(45)37-20-29(41)42)27(35(48)49)18-24-13-7-3-8-14-24/h2-16,22,26-28,30H,17-21H2,1H3,(H,37,45)(H,38,50)(H,39,43)(H,40,44)(H,41,42)(H,46,47)(H,48,49)/t22-,26?,27?,28-,30-/m0/s1. The summed E-state index contributed by atoms with van der Waals surface area (Å²) in [4.78, 5) is 88.9. The number of aliphatic carboxylic acids is 3. The fraction of sp³-hybridized carbons (Fsp3) is 0.306. The molecule has 5 atom stereocenters. The molecule has 0 heterocycles. The number of carboxylic acid groups (broad SMARTS) is 3. The quantitative estimate of drug-likeness (QED) is 0.0949. The average molecular weight is 705 g/mol. The molecule has 2 unspecified atom stereocenters. The minimum absolute atomic E-state index is 0.0519. The Bertz CT molecular complexity index is 1660. The number of carboxylic acids is 3. The molecule has 0 saturated carbocycles. The van der Waals surface area contributed by atoms with Gasteiger partial charge in [-0.2, -0.15) is 0 Å². The van der Waals surface area contributed by atoms with Gasteiger partial charge in [0.2, 0.25) is 17.7 Å². The van der Waals surface area contributed by atoms with Crippen LogP contribution in [0.4, 0.5) is 4.79 Å². The van der Waals surface area contributed by atoms with E-state index in [2.05, 4.69) is 21.3 Å². The summed E-state index contributed by atoms with van der Waals surface area (Å²) in [7, 11) is 0. The van der Waals surface area contributed by atoms with Crippen molar-refractivity contribution in [3.8, 4) is 0 Å². The van der Waals surface area contributed by atoms with Gasteiger partial charge in [0, 0.05) is 0 Å². The zero-order chi connectivity index (χ0) is 37.3. The highest BCUT2D eigenvalue weighted by Gasteiger charge is 2.38. The van der Waals surface area contributed by atoms with E-state index in [9.17, 15) is 43.8 Å². The molecule has 0 aliphatic rings. The lowest BCUT2D eigenvalue weighted by atomic mass is 9.89. The Morgan fingerprint density at radius 2 is 1.16 bits per heavy atom. The molecule has 0 radical (unpaired) electrons. The largest absolute Gasteiger partial charge is 0.481 e. The number of amides is 4. The molecule has 0 fully saturated rings. The molecule has 51 heavy (non-hydrogen) atoms. The van der Waals surface area contributed by atoms with E-state index in [0.29, 0.717) is 16.7 Å². The first-order chi connectivity index (χ1) is 24.3.